The van der Waals surface area contributed by atoms with Gasteiger partial charge in [-0.25, -0.2) is 9.18 Å². The minimum Gasteiger partial charge on any atom is -0.461 e. The molecule has 0 saturated carbocycles. The Kier molecular flexibility index (Phi) is 4.57. The minimum atomic E-state index is -4.12. The summed E-state index contributed by atoms with van der Waals surface area (Å²) in [6, 6.07) is 5.22. The number of carbonyl (C=O) groups is 1. The van der Waals surface area contributed by atoms with E-state index in [0.717, 1.165) is 13.0 Å². The van der Waals surface area contributed by atoms with Gasteiger partial charge in [0.25, 0.3) is 0 Å². The highest BCUT2D eigenvalue weighted by atomic mass is 19.3. The largest absolute Gasteiger partial charge is 0.461 e. The number of carbonyl (C=O) groups excluding carboxylic acids is 1. The second-order valence-corrected chi connectivity index (χ2v) is 4.34. The van der Waals surface area contributed by atoms with Crippen molar-refractivity contribution in [2.24, 2.45) is 0 Å². The second kappa shape index (κ2) is 5.61. The van der Waals surface area contributed by atoms with Crippen LogP contribution in [0, 0.1) is 5.82 Å². The first-order valence-corrected chi connectivity index (χ1v) is 5.73. The molecule has 0 aliphatic rings. The molecule has 106 valence electrons. The van der Waals surface area contributed by atoms with Crippen molar-refractivity contribution in [3.05, 3.63) is 35.6 Å². The van der Waals surface area contributed by atoms with Crippen LogP contribution in [0.15, 0.2) is 24.3 Å². The van der Waals surface area contributed by atoms with Gasteiger partial charge in [0.1, 0.15) is 11.4 Å². The van der Waals surface area contributed by atoms with Crippen LogP contribution in [0.4, 0.5) is 13.2 Å². The zero-order valence-corrected chi connectivity index (χ0v) is 10.6. The van der Waals surface area contributed by atoms with Crippen LogP contribution < -0.4 is 0 Å². The summed E-state index contributed by atoms with van der Waals surface area (Å²) in [5.41, 5.74) is -2.84. The van der Waals surface area contributed by atoms with Crippen LogP contribution in [0.5, 0.6) is 0 Å². The van der Waals surface area contributed by atoms with Crippen molar-refractivity contribution >= 4 is 5.97 Å². The van der Waals surface area contributed by atoms with Crippen LogP contribution in [0.2, 0.25) is 0 Å². The first kappa shape index (κ1) is 15.5. The van der Waals surface area contributed by atoms with Gasteiger partial charge in [-0.05, 0) is 25.5 Å². The Morgan fingerprint density at radius 2 is 1.95 bits per heavy atom. The van der Waals surface area contributed by atoms with Crippen LogP contribution in [0.3, 0.4) is 0 Å². The van der Waals surface area contributed by atoms with Crippen molar-refractivity contribution in [3.63, 3.8) is 0 Å². The van der Waals surface area contributed by atoms with Gasteiger partial charge in [0.2, 0.25) is 0 Å². The highest BCUT2D eigenvalue weighted by Gasteiger charge is 2.56. The highest BCUT2D eigenvalue weighted by Crippen LogP contribution is 2.33. The molecule has 1 aromatic rings. The predicted molar refractivity (Wildman–Crippen MR) is 62.3 cm³/mol. The number of hydrogen-bond acceptors (Lipinski definition) is 3. The summed E-state index contributed by atoms with van der Waals surface area (Å²) >= 11 is 0. The number of halogens is 3. The van der Waals surface area contributed by atoms with E-state index in [1.165, 1.54) is 25.1 Å². The average molecular weight is 276 g/mol. The summed E-state index contributed by atoms with van der Waals surface area (Å²) < 4.78 is 45.1. The Hall–Kier alpha value is -1.56. The lowest BCUT2D eigenvalue weighted by molar-refractivity contribution is -0.209. The normalized spacial score (nSPS) is 14.8. The van der Waals surface area contributed by atoms with E-state index in [1.807, 2.05) is 0 Å². The Morgan fingerprint density at radius 1 is 1.37 bits per heavy atom. The van der Waals surface area contributed by atoms with Gasteiger partial charge < -0.3 is 9.84 Å². The average Bonchev–Trinajstić information content (AvgIpc) is 2.32. The predicted octanol–water partition coefficient (Wildman–Crippen LogP) is 2.32. The third-order valence-corrected chi connectivity index (χ3v) is 2.70. The summed E-state index contributed by atoms with van der Waals surface area (Å²) in [4.78, 5) is 11.2. The fourth-order valence-electron chi connectivity index (χ4n) is 1.57. The number of esters is 1. The molecule has 0 amide bonds. The zero-order valence-electron chi connectivity index (χ0n) is 10.6. The van der Waals surface area contributed by atoms with E-state index >= 15 is 0 Å². The Balaban J connectivity index is 2.97. The summed E-state index contributed by atoms with van der Waals surface area (Å²) in [6.07, 6.45) is -0.703. The quantitative estimate of drug-likeness (QED) is 0.839. The molecule has 1 N–H and O–H groups in total. The molecule has 0 fully saturated rings. The number of alkyl halides is 2. The van der Waals surface area contributed by atoms with Crippen LogP contribution in [-0.2, 0) is 16.0 Å². The van der Waals surface area contributed by atoms with Gasteiger partial charge in [-0.15, -0.1) is 0 Å². The molecule has 1 unspecified atom stereocenters. The molecule has 0 saturated heterocycles. The van der Waals surface area contributed by atoms with Gasteiger partial charge >= 0.3 is 11.9 Å². The molecule has 3 nitrogen and oxygen atoms in total. The summed E-state index contributed by atoms with van der Waals surface area (Å²) in [6.45, 7) is 1.92. The van der Waals surface area contributed by atoms with Crippen LogP contribution in [0.25, 0.3) is 0 Å². The first-order valence-electron chi connectivity index (χ1n) is 5.73. The lowest BCUT2D eigenvalue weighted by Crippen LogP contribution is -2.53. The van der Waals surface area contributed by atoms with Crippen molar-refractivity contribution in [3.8, 4) is 0 Å². The highest BCUT2D eigenvalue weighted by molar-refractivity contribution is 5.79. The maximum absolute atomic E-state index is 13.8. The molecule has 0 radical (unpaired) electrons. The van der Waals surface area contributed by atoms with Crippen molar-refractivity contribution in [1.82, 2.24) is 0 Å². The van der Waals surface area contributed by atoms with Gasteiger partial charge in [0.05, 0.1) is 6.61 Å². The smallest absolute Gasteiger partial charge is 0.380 e. The molecule has 0 heterocycles. The maximum atomic E-state index is 13.8. The molecule has 0 aliphatic carbocycles. The van der Waals surface area contributed by atoms with E-state index < -0.39 is 29.7 Å². The molecule has 19 heavy (non-hydrogen) atoms. The van der Waals surface area contributed by atoms with E-state index in [0.29, 0.717) is 0 Å². The molecule has 1 aromatic carbocycles. The first-order chi connectivity index (χ1) is 8.72. The van der Waals surface area contributed by atoms with Crippen molar-refractivity contribution in [1.29, 1.82) is 0 Å². The van der Waals surface area contributed by atoms with Crippen molar-refractivity contribution in [2.45, 2.75) is 31.8 Å². The maximum Gasteiger partial charge on any atom is 0.380 e. The summed E-state index contributed by atoms with van der Waals surface area (Å²) in [5, 5.41) is 9.80. The summed E-state index contributed by atoms with van der Waals surface area (Å²) in [7, 11) is 0. The SMILES string of the molecule is CCOC(=O)C(F)(F)C(C)(O)Cc1ccccc1F. The van der Waals surface area contributed by atoms with Crippen LogP contribution in [0.1, 0.15) is 19.4 Å². The topological polar surface area (TPSA) is 46.5 Å². The Bertz CT molecular complexity index is 458. The van der Waals surface area contributed by atoms with E-state index in [2.05, 4.69) is 4.74 Å². The van der Waals surface area contributed by atoms with Gasteiger partial charge in [-0.2, -0.15) is 8.78 Å². The number of benzene rings is 1. The molecule has 0 aliphatic heterocycles. The van der Waals surface area contributed by atoms with E-state index in [-0.39, 0.29) is 12.2 Å². The van der Waals surface area contributed by atoms with Gasteiger partial charge in [0.15, 0.2) is 0 Å². The van der Waals surface area contributed by atoms with E-state index in [1.54, 1.807) is 0 Å². The lowest BCUT2D eigenvalue weighted by atomic mass is 9.89. The number of rotatable bonds is 5. The Morgan fingerprint density at radius 3 is 2.47 bits per heavy atom. The number of ether oxygens (including phenoxy) is 1. The molecule has 0 spiro atoms. The monoisotopic (exact) mass is 276 g/mol. The van der Waals surface area contributed by atoms with Crippen LogP contribution >= 0.6 is 0 Å². The van der Waals surface area contributed by atoms with Crippen LogP contribution in [-0.4, -0.2) is 29.2 Å². The molecule has 1 atom stereocenters. The molecular weight excluding hydrogens is 261 g/mol. The summed E-state index contributed by atoms with van der Waals surface area (Å²) in [5.74, 6) is -6.66. The second-order valence-electron chi connectivity index (χ2n) is 4.34. The molecule has 6 heteroatoms. The fourth-order valence-corrected chi connectivity index (χ4v) is 1.57. The molecule has 0 bridgehead atoms. The minimum absolute atomic E-state index is 0.100. The third kappa shape index (κ3) is 3.26. The molecule has 0 aromatic heterocycles. The molecule has 1 rings (SSSR count). The van der Waals surface area contributed by atoms with Crippen molar-refractivity contribution < 1.29 is 27.8 Å². The van der Waals surface area contributed by atoms with Gasteiger partial charge in [-0.1, -0.05) is 18.2 Å². The fraction of sp³-hybridized carbons (Fsp3) is 0.462. The van der Waals surface area contributed by atoms with Gasteiger partial charge in [-0.3, -0.25) is 0 Å². The Labute approximate surface area is 109 Å². The third-order valence-electron chi connectivity index (χ3n) is 2.70. The van der Waals surface area contributed by atoms with Gasteiger partial charge in [0, 0.05) is 6.42 Å². The number of aliphatic hydroxyl groups is 1. The molecular formula is C13H15F3O3. The number of hydrogen-bond donors (Lipinski definition) is 1. The standard InChI is InChI=1S/C13H15F3O3/c1-3-19-11(17)13(15,16)12(2,18)8-9-6-4-5-7-10(9)14/h4-7,18H,3,8H2,1-2H3. The van der Waals surface area contributed by atoms with E-state index in [9.17, 15) is 23.1 Å². The lowest BCUT2D eigenvalue weighted by Gasteiger charge is -2.30. The van der Waals surface area contributed by atoms with Crippen molar-refractivity contribution in [2.75, 3.05) is 6.61 Å². The van der Waals surface area contributed by atoms with E-state index in [4.69, 9.17) is 0 Å². The zero-order chi connectivity index (χ0) is 14.7.